The van der Waals surface area contributed by atoms with Gasteiger partial charge < -0.3 is 9.47 Å². The lowest BCUT2D eigenvalue weighted by molar-refractivity contribution is -0.141. The molecule has 1 saturated carbocycles. The molecular formula is C11H16O3. The van der Waals surface area contributed by atoms with E-state index in [1.54, 1.807) is 0 Å². The Kier molecular flexibility index (Phi) is 2.59. The summed E-state index contributed by atoms with van der Waals surface area (Å²) < 4.78 is 10.9. The van der Waals surface area contributed by atoms with Crippen molar-refractivity contribution in [2.24, 2.45) is 0 Å². The van der Waals surface area contributed by atoms with Gasteiger partial charge in [-0.3, -0.25) is 4.79 Å². The summed E-state index contributed by atoms with van der Waals surface area (Å²) in [5.41, 5.74) is -0.260. The van der Waals surface area contributed by atoms with Crippen LogP contribution in [0.15, 0.2) is 11.8 Å². The molecule has 1 fully saturated rings. The number of carbonyl (C=O) groups is 1. The first-order valence-corrected chi connectivity index (χ1v) is 5.26. The zero-order chi connectivity index (χ0) is 10.0. The van der Waals surface area contributed by atoms with E-state index >= 15 is 0 Å². The zero-order valence-electron chi connectivity index (χ0n) is 8.54. The van der Waals surface area contributed by atoms with Crippen LogP contribution >= 0.6 is 0 Å². The summed E-state index contributed by atoms with van der Waals surface area (Å²) in [4.78, 5) is 10.9. The van der Waals surface area contributed by atoms with E-state index in [0.29, 0.717) is 6.61 Å². The van der Waals surface area contributed by atoms with Gasteiger partial charge in [-0.15, -0.1) is 0 Å². The summed E-state index contributed by atoms with van der Waals surface area (Å²) in [5.74, 6) is 0.511. The topological polar surface area (TPSA) is 35.5 Å². The maximum Gasteiger partial charge on any atom is 0.307 e. The number of esters is 1. The molecule has 1 aliphatic carbocycles. The summed E-state index contributed by atoms with van der Waals surface area (Å²) in [6, 6.07) is 0. The highest BCUT2D eigenvalue weighted by molar-refractivity contribution is 5.67. The molecule has 0 aromatic rings. The smallest absolute Gasteiger partial charge is 0.307 e. The van der Waals surface area contributed by atoms with Gasteiger partial charge in [-0.1, -0.05) is 19.3 Å². The molecule has 1 spiro atoms. The Bertz CT molecular complexity index is 262. The van der Waals surface area contributed by atoms with Crippen molar-refractivity contribution in [3.8, 4) is 0 Å². The molecule has 0 aromatic heterocycles. The lowest BCUT2D eigenvalue weighted by Gasteiger charge is -2.34. The number of ether oxygens (including phenoxy) is 2. The summed E-state index contributed by atoms with van der Waals surface area (Å²) in [6.45, 7) is 2.03. The fourth-order valence-electron chi connectivity index (χ4n) is 2.34. The molecule has 0 saturated heterocycles. The quantitative estimate of drug-likeness (QED) is 0.603. The minimum atomic E-state index is -0.260. The molecule has 0 amide bonds. The van der Waals surface area contributed by atoms with Gasteiger partial charge in [0.2, 0.25) is 0 Å². The van der Waals surface area contributed by atoms with Crippen LogP contribution in [0.2, 0.25) is 0 Å². The van der Waals surface area contributed by atoms with Crippen LogP contribution in [0.4, 0.5) is 0 Å². The van der Waals surface area contributed by atoms with E-state index in [4.69, 9.17) is 9.47 Å². The maximum atomic E-state index is 10.9. The molecule has 0 aromatic carbocycles. The van der Waals surface area contributed by atoms with Crippen molar-refractivity contribution in [2.75, 3.05) is 6.61 Å². The van der Waals surface area contributed by atoms with Gasteiger partial charge in [-0.2, -0.15) is 0 Å². The largest absolute Gasteiger partial charge is 0.428 e. The van der Waals surface area contributed by atoms with Gasteiger partial charge in [-0.05, 0) is 18.9 Å². The van der Waals surface area contributed by atoms with Crippen LogP contribution in [0.5, 0.6) is 0 Å². The second-order valence-corrected chi connectivity index (χ2v) is 4.03. The highest BCUT2D eigenvalue weighted by Gasteiger charge is 2.41. The van der Waals surface area contributed by atoms with Gasteiger partial charge in [0.25, 0.3) is 0 Å². The van der Waals surface area contributed by atoms with Crippen LogP contribution in [0.3, 0.4) is 0 Å². The minimum Gasteiger partial charge on any atom is -0.428 e. The van der Waals surface area contributed by atoms with E-state index in [9.17, 15) is 4.79 Å². The molecule has 3 heteroatoms. The Balaban J connectivity index is 2.10. The molecule has 78 valence electrons. The first-order valence-electron chi connectivity index (χ1n) is 5.26. The van der Waals surface area contributed by atoms with Crippen LogP contribution in [0.1, 0.15) is 39.0 Å². The lowest BCUT2D eigenvalue weighted by Crippen LogP contribution is -2.35. The van der Waals surface area contributed by atoms with E-state index in [-0.39, 0.29) is 11.6 Å². The number of carbonyl (C=O) groups excluding carboxylic acids is 1. The normalized spacial score (nSPS) is 24.8. The highest BCUT2D eigenvalue weighted by Crippen LogP contribution is 2.41. The van der Waals surface area contributed by atoms with Crippen LogP contribution in [-0.4, -0.2) is 18.2 Å². The summed E-state index contributed by atoms with van der Waals surface area (Å²) in [5, 5.41) is 0. The molecule has 1 heterocycles. The predicted molar refractivity (Wildman–Crippen MR) is 51.6 cm³/mol. The van der Waals surface area contributed by atoms with Crippen molar-refractivity contribution in [1.82, 2.24) is 0 Å². The highest BCUT2D eigenvalue weighted by atomic mass is 16.6. The average molecular weight is 196 g/mol. The van der Waals surface area contributed by atoms with Gasteiger partial charge in [0.05, 0.1) is 6.61 Å². The average Bonchev–Trinajstić information content (AvgIpc) is 2.50. The molecule has 14 heavy (non-hydrogen) atoms. The van der Waals surface area contributed by atoms with E-state index < -0.39 is 0 Å². The third-order valence-corrected chi connectivity index (χ3v) is 2.99. The van der Waals surface area contributed by atoms with Crippen LogP contribution in [-0.2, 0) is 14.3 Å². The van der Waals surface area contributed by atoms with Crippen molar-refractivity contribution in [1.29, 1.82) is 0 Å². The molecule has 2 aliphatic rings. The van der Waals surface area contributed by atoms with Crippen molar-refractivity contribution in [3.63, 3.8) is 0 Å². The number of hydrogen-bond acceptors (Lipinski definition) is 3. The molecule has 0 N–H and O–H groups in total. The Hall–Kier alpha value is -0.830. The van der Waals surface area contributed by atoms with Crippen molar-refractivity contribution >= 4 is 5.97 Å². The second-order valence-electron chi connectivity index (χ2n) is 4.03. The summed E-state index contributed by atoms with van der Waals surface area (Å²) >= 11 is 0. The Morgan fingerprint density at radius 2 is 2.14 bits per heavy atom. The Morgan fingerprint density at radius 1 is 1.43 bits per heavy atom. The monoisotopic (exact) mass is 196 g/mol. The van der Waals surface area contributed by atoms with Crippen LogP contribution in [0, 0.1) is 0 Å². The van der Waals surface area contributed by atoms with Crippen molar-refractivity contribution < 1.29 is 14.3 Å². The summed E-state index contributed by atoms with van der Waals surface area (Å²) in [7, 11) is 0. The standard InChI is InChI=1S/C11H16O3/c1-9(12)14-10-5-8-13-11(10)6-3-2-4-7-11/h5H,2-4,6-8H2,1H3. The SMILES string of the molecule is CC(=O)OC1=CCOC12CCCCC2. The molecule has 0 bridgehead atoms. The minimum absolute atomic E-state index is 0.244. The van der Waals surface area contributed by atoms with Crippen LogP contribution in [0.25, 0.3) is 0 Å². The molecule has 0 atom stereocenters. The number of hydrogen-bond donors (Lipinski definition) is 0. The zero-order valence-corrected chi connectivity index (χ0v) is 8.54. The van der Waals surface area contributed by atoms with E-state index in [1.165, 1.54) is 26.2 Å². The van der Waals surface area contributed by atoms with Gasteiger partial charge >= 0.3 is 5.97 Å². The maximum absolute atomic E-state index is 10.9. The molecule has 1 aliphatic heterocycles. The number of rotatable bonds is 1. The van der Waals surface area contributed by atoms with Crippen molar-refractivity contribution in [3.05, 3.63) is 11.8 Å². The van der Waals surface area contributed by atoms with E-state index in [0.717, 1.165) is 18.6 Å². The molecular weight excluding hydrogens is 180 g/mol. The van der Waals surface area contributed by atoms with Gasteiger partial charge in [0.1, 0.15) is 11.4 Å². The lowest BCUT2D eigenvalue weighted by atomic mass is 9.84. The Morgan fingerprint density at radius 3 is 2.79 bits per heavy atom. The first-order chi connectivity index (χ1) is 6.73. The fourth-order valence-corrected chi connectivity index (χ4v) is 2.34. The molecule has 0 unspecified atom stereocenters. The van der Waals surface area contributed by atoms with E-state index in [2.05, 4.69) is 0 Å². The van der Waals surface area contributed by atoms with E-state index in [1.807, 2.05) is 6.08 Å². The second kappa shape index (κ2) is 3.73. The third-order valence-electron chi connectivity index (χ3n) is 2.99. The fraction of sp³-hybridized carbons (Fsp3) is 0.727. The predicted octanol–water partition coefficient (Wildman–Crippen LogP) is 2.17. The van der Waals surface area contributed by atoms with Gasteiger partial charge in [0, 0.05) is 6.92 Å². The first kappa shape index (κ1) is 9.71. The molecule has 2 rings (SSSR count). The van der Waals surface area contributed by atoms with Crippen molar-refractivity contribution in [2.45, 2.75) is 44.6 Å². The Labute approximate surface area is 84.1 Å². The van der Waals surface area contributed by atoms with Gasteiger partial charge in [-0.25, -0.2) is 0 Å². The third kappa shape index (κ3) is 1.69. The molecule has 3 nitrogen and oxygen atoms in total. The van der Waals surface area contributed by atoms with Crippen LogP contribution < -0.4 is 0 Å². The van der Waals surface area contributed by atoms with Gasteiger partial charge in [0.15, 0.2) is 0 Å². The molecule has 0 radical (unpaired) electrons. The summed E-state index contributed by atoms with van der Waals surface area (Å²) in [6.07, 6.45) is 7.47.